The lowest BCUT2D eigenvalue weighted by molar-refractivity contribution is -0.0153. The molecule has 1 aromatic carbocycles. The van der Waals surface area contributed by atoms with Gasteiger partial charge in [0.05, 0.1) is 13.7 Å². The van der Waals surface area contributed by atoms with Gasteiger partial charge in [0.25, 0.3) is 0 Å². The fourth-order valence-corrected chi connectivity index (χ4v) is 1.87. The van der Waals surface area contributed by atoms with E-state index in [1.54, 1.807) is 31.4 Å². The third-order valence-electron chi connectivity index (χ3n) is 2.94. The Morgan fingerprint density at radius 2 is 1.89 bits per heavy atom. The van der Waals surface area contributed by atoms with E-state index in [1.165, 1.54) is 0 Å². The molecule has 6 nitrogen and oxygen atoms in total. The number of ether oxygens (including phenoxy) is 2. The molecule has 1 aromatic rings. The van der Waals surface area contributed by atoms with E-state index in [-0.39, 0.29) is 6.61 Å². The maximum atomic E-state index is 9.75. The van der Waals surface area contributed by atoms with Gasteiger partial charge in [-0.3, -0.25) is 0 Å². The minimum Gasteiger partial charge on any atom is -0.497 e. The van der Waals surface area contributed by atoms with Gasteiger partial charge in [0.2, 0.25) is 0 Å². The zero-order valence-electron chi connectivity index (χ0n) is 9.98. The molecule has 4 N–H and O–H groups in total. The van der Waals surface area contributed by atoms with E-state index < -0.39 is 24.5 Å². The van der Waals surface area contributed by atoms with E-state index >= 15 is 0 Å². The Morgan fingerprint density at radius 1 is 1.22 bits per heavy atom. The third-order valence-corrected chi connectivity index (χ3v) is 2.94. The Kier molecular flexibility index (Phi) is 4.03. The highest BCUT2D eigenvalue weighted by Crippen LogP contribution is 2.24. The lowest BCUT2D eigenvalue weighted by Gasteiger charge is -2.17. The van der Waals surface area contributed by atoms with Crippen molar-refractivity contribution in [3.8, 4) is 5.75 Å². The molecule has 1 aliphatic rings. The van der Waals surface area contributed by atoms with Crippen LogP contribution in [0.3, 0.4) is 0 Å². The van der Waals surface area contributed by atoms with Crippen LogP contribution in [0.2, 0.25) is 0 Å². The molecule has 1 saturated heterocycles. The Labute approximate surface area is 105 Å². The van der Waals surface area contributed by atoms with Crippen molar-refractivity contribution in [1.82, 2.24) is 0 Å². The lowest BCUT2D eigenvalue weighted by Crippen LogP contribution is -2.36. The largest absolute Gasteiger partial charge is 0.497 e. The van der Waals surface area contributed by atoms with Crippen molar-refractivity contribution < 1.29 is 24.8 Å². The van der Waals surface area contributed by atoms with Crippen LogP contribution in [-0.2, 0) is 4.74 Å². The van der Waals surface area contributed by atoms with E-state index in [9.17, 15) is 10.2 Å². The van der Waals surface area contributed by atoms with Gasteiger partial charge in [-0.25, -0.2) is 0 Å². The molecule has 6 heteroatoms. The van der Waals surface area contributed by atoms with Crippen molar-refractivity contribution in [2.24, 2.45) is 0 Å². The molecular weight excluding hydrogens is 238 g/mol. The van der Waals surface area contributed by atoms with Gasteiger partial charge >= 0.3 is 0 Å². The van der Waals surface area contributed by atoms with Crippen LogP contribution in [0.15, 0.2) is 24.3 Å². The second kappa shape index (κ2) is 5.53. The fourth-order valence-electron chi connectivity index (χ4n) is 1.87. The lowest BCUT2D eigenvalue weighted by atomic mass is 10.1. The first-order valence-electron chi connectivity index (χ1n) is 5.68. The Morgan fingerprint density at radius 3 is 2.39 bits per heavy atom. The highest BCUT2D eigenvalue weighted by atomic mass is 16.6. The number of anilines is 1. The van der Waals surface area contributed by atoms with Crippen LogP contribution >= 0.6 is 0 Å². The van der Waals surface area contributed by atoms with Crippen molar-refractivity contribution >= 4 is 5.69 Å². The van der Waals surface area contributed by atoms with Crippen LogP contribution in [0.1, 0.15) is 0 Å². The van der Waals surface area contributed by atoms with E-state index in [0.29, 0.717) is 0 Å². The topological polar surface area (TPSA) is 91.2 Å². The summed E-state index contributed by atoms with van der Waals surface area (Å²) in [5, 5.41) is 31.2. The number of rotatable bonds is 4. The molecule has 2 rings (SSSR count). The summed E-state index contributed by atoms with van der Waals surface area (Å²) in [5.74, 6) is 0.724. The van der Waals surface area contributed by atoms with E-state index in [1.807, 2.05) is 0 Å². The number of aliphatic hydroxyl groups is 3. The smallest absolute Gasteiger partial charge is 0.157 e. The van der Waals surface area contributed by atoms with Gasteiger partial charge in [0.15, 0.2) is 6.23 Å². The number of aliphatic hydroxyl groups excluding tert-OH is 3. The predicted octanol–water partition coefficient (Wildman–Crippen LogP) is -0.454. The molecule has 1 aliphatic heterocycles. The van der Waals surface area contributed by atoms with Crippen LogP contribution in [0.5, 0.6) is 5.75 Å². The number of hydrogen-bond donors (Lipinski definition) is 4. The standard InChI is InChI=1S/C12H17NO5/c1-17-8-4-2-7(3-5-8)13-12-11(16)10(15)9(6-14)18-12/h2-5,9-16H,6H2,1H3/t9-,10-,11-,12+/m0/s1. The van der Waals surface area contributed by atoms with Gasteiger partial charge in [-0.2, -0.15) is 0 Å². The van der Waals surface area contributed by atoms with Crippen molar-refractivity contribution in [3.05, 3.63) is 24.3 Å². The number of benzene rings is 1. The maximum Gasteiger partial charge on any atom is 0.157 e. The van der Waals surface area contributed by atoms with Crippen LogP contribution in [0, 0.1) is 0 Å². The zero-order valence-corrected chi connectivity index (χ0v) is 9.98. The number of hydrogen-bond acceptors (Lipinski definition) is 6. The molecule has 0 spiro atoms. The molecule has 0 bridgehead atoms. The highest BCUT2D eigenvalue weighted by molar-refractivity contribution is 5.47. The van der Waals surface area contributed by atoms with Gasteiger partial charge in [-0.05, 0) is 24.3 Å². The van der Waals surface area contributed by atoms with Gasteiger partial charge in [-0.15, -0.1) is 0 Å². The second-order valence-corrected chi connectivity index (χ2v) is 4.13. The van der Waals surface area contributed by atoms with Gasteiger partial charge in [0, 0.05) is 5.69 Å². The summed E-state index contributed by atoms with van der Waals surface area (Å²) in [6, 6.07) is 7.08. The first-order chi connectivity index (χ1) is 8.65. The van der Waals surface area contributed by atoms with Gasteiger partial charge in [-0.1, -0.05) is 0 Å². The Hall–Kier alpha value is -1.34. The molecule has 100 valence electrons. The molecule has 0 unspecified atom stereocenters. The minimum atomic E-state index is -1.09. The van der Waals surface area contributed by atoms with Crippen molar-refractivity contribution in [1.29, 1.82) is 0 Å². The minimum absolute atomic E-state index is 0.334. The summed E-state index contributed by atoms with van der Waals surface area (Å²) >= 11 is 0. The molecule has 0 amide bonds. The summed E-state index contributed by atoms with van der Waals surface area (Å²) in [6.45, 7) is -0.334. The summed E-state index contributed by atoms with van der Waals surface area (Å²) in [5.41, 5.74) is 0.727. The van der Waals surface area contributed by atoms with Crippen molar-refractivity contribution in [2.75, 3.05) is 19.0 Å². The third kappa shape index (κ3) is 2.56. The Bertz CT molecular complexity index is 383. The summed E-state index contributed by atoms with van der Waals surface area (Å²) in [6.07, 6.45) is -3.68. The number of methoxy groups -OCH3 is 1. The molecule has 1 fully saturated rings. The molecule has 0 saturated carbocycles. The monoisotopic (exact) mass is 255 g/mol. The summed E-state index contributed by atoms with van der Waals surface area (Å²) in [7, 11) is 1.58. The van der Waals surface area contributed by atoms with E-state index in [0.717, 1.165) is 11.4 Å². The number of nitrogens with one attached hydrogen (secondary N) is 1. The summed E-state index contributed by atoms with van der Waals surface area (Å²) < 4.78 is 10.3. The molecular formula is C12H17NO5. The first kappa shape index (κ1) is 13.1. The molecule has 0 aliphatic carbocycles. The fraction of sp³-hybridized carbons (Fsp3) is 0.500. The zero-order chi connectivity index (χ0) is 13.1. The summed E-state index contributed by atoms with van der Waals surface area (Å²) in [4.78, 5) is 0. The highest BCUT2D eigenvalue weighted by Gasteiger charge is 2.42. The van der Waals surface area contributed by atoms with Gasteiger partial charge < -0.3 is 30.1 Å². The molecule has 0 aromatic heterocycles. The first-order valence-corrected chi connectivity index (χ1v) is 5.68. The Balaban J connectivity index is 2.00. The van der Waals surface area contributed by atoms with Crippen molar-refractivity contribution in [3.63, 3.8) is 0 Å². The average molecular weight is 255 g/mol. The van der Waals surface area contributed by atoms with Crippen molar-refractivity contribution in [2.45, 2.75) is 24.5 Å². The van der Waals surface area contributed by atoms with E-state index in [2.05, 4.69) is 5.32 Å². The van der Waals surface area contributed by atoms with Crippen LogP contribution in [0.25, 0.3) is 0 Å². The second-order valence-electron chi connectivity index (χ2n) is 4.13. The molecule has 1 heterocycles. The predicted molar refractivity (Wildman–Crippen MR) is 64.4 cm³/mol. The van der Waals surface area contributed by atoms with Crippen LogP contribution < -0.4 is 10.1 Å². The van der Waals surface area contributed by atoms with Crippen LogP contribution in [-0.4, -0.2) is 53.6 Å². The molecule has 4 atom stereocenters. The van der Waals surface area contributed by atoms with Gasteiger partial charge in [0.1, 0.15) is 24.1 Å². The average Bonchev–Trinajstić information content (AvgIpc) is 2.67. The van der Waals surface area contributed by atoms with E-state index in [4.69, 9.17) is 14.6 Å². The molecule has 18 heavy (non-hydrogen) atoms. The van der Waals surface area contributed by atoms with Crippen LogP contribution in [0.4, 0.5) is 5.69 Å². The SMILES string of the molecule is COc1ccc(N[C@@H]2O[C@@H](CO)[C@H](O)[C@@H]2O)cc1. The molecule has 0 radical (unpaired) electrons. The quantitative estimate of drug-likeness (QED) is 0.582. The maximum absolute atomic E-state index is 9.75. The normalized spacial score (nSPS) is 31.3.